The van der Waals surface area contributed by atoms with Gasteiger partial charge in [0.2, 0.25) is 5.91 Å². The number of amides is 1. The van der Waals surface area contributed by atoms with E-state index in [1.807, 2.05) is 0 Å². The molecule has 2 fully saturated rings. The van der Waals surface area contributed by atoms with Crippen LogP contribution in [0.1, 0.15) is 38.5 Å². The van der Waals surface area contributed by atoms with Crippen molar-refractivity contribution in [1.29, 1.82) is 0 Å². The van der Waals surface area contributed by atoms with Gasteiger partial charge in [0, 0.05) is 12.5 Å². The molecular formula is C9H15NO. The normalized spacial score (nSPS) is 37.6. The first-order valence-electron chi connectivity index (χ1n) is 4.65. The highest BCUT2D eigenvalue weighted by Gasteiger charge is 2.30. The summed E-state index contributed by atoms with van der Waals surface area (Å²) in [5.41, 5.74) is 0. The van der Waals surface area contributed by atoms with Crippen LogP contribution in [-0.4, -0.2) is 11.9 Å². The van der Waals surface area contributed by atoms with E-state index in [0.717, 1.165) is 18.8 Å². The summed E-state index contributed by atoms with van der Waals surface area (Å²) in [7, 11) is 0. The van der Waals surface area contributed by atoms with Crippen molar-refractivity contribution < 1.29 is 4.79 Å². The third-order valence-corrected chi connectivity index (χ3v) is 3.00. The quantitative estimate of drug-likeness (QED) is 0.560. The zero-order valence-electron chi connectivity index (χ0n) is 6.81. The molecule has 1 saturated carbocycles. The highest BCUT2D eigenvalue weighted by atomic mass is 16.1. The molecule has 2 rings (SSSR count). The van der Waals surface area contributed by atoms with Gasteiger partial charge < -0.3 is 5.32 Å². The van der Waals surface area contributed by atoms with Gasteiger partial charge in [-0.3, -0.25) is 4.79 Å². The smallest absolute Gasteiger partial charge is 0.220 e. The Labute approximate surface area is 67.4 Å². The van der Waals surface area contributed by atoms with Crippen LogP contribution in [0.15, 0.2) is 0 Å². The third kappa shape index (κ3) is 1.39. The van der Waals surface area contributed by atoms with E-state index in [4.69, 9.17) is 0 Å². The number of rotatable bonds is 0. The number of piperidine rings is 1. The molecule has 2 aliphatic rings. The van der Waals surface area contributed by atoms with Crippen molar-refractivity contribution in [2.75, 3.05) is 0 Å². The standard InChI is InChI=1S/C9H15NO/c11-9-6-5-7-3-1-2-4-8(7)10-9/h7-8H,1-6H2,(H,10,11). The molecule has 0 aromatic rings. The average Bonchev–Trinajstić information content (AvgIpc) is 2.04. The second kappa shape index (κ2) is 2.84. The first-order valence-corrected chi connectivity index (χ1v) is 4.65. The van der Waals surface area contributed by atoms with E-state index in [1.54, 1.807) is 0 Å². The SMILES string of the molecule is O=C1CCC2CCCCC2N1. The minimum atomic E-state index is 0.271. The molecule has 1 heterocycles. The Bertz CT molecular complexity index is 167. The van der Waals surface area contributed by atoms with Crippen molar-refractivity contribution in [3.8, 4) is 0 Å². The van der Waals surface area contributed by atoms with Gasteiger partial charge in [-0.2, -0.15) is 0 Å². The van der Waals surface area contributed by atoms with Crippen LogP contribution in [0.25, 0.3) is 0 Å². The number of hydrogen-bond donors (Lipinski definition) is 1. The number of hydrogen-bond acceptors (Lipinski definition) is 1. The van der Waals surface area contributed by atoms with E-state index in [-0.39, 0.29) is 5.91 Å². The molecule has 0 aromatic carbocycles. The van der Waals surface area contributed by atoms with E-state index in [9.17, 15) is 4.79 Å². The van der Waals surface area contributed by atoms with Crippen LogP contribution in [0.2, 0.25) is 0 Å². The number of fused-ring (bicyclic) bond motifs is 1. The van der Waals surface area contributed by atoms with Gasteiger partial charge >= 0.3 is 0 Å². The molecule has 0 aromatic heterocycles. The molecule has 11 heavy (non-hydrogen) atoms. The van der Waals surface area contributed by atoms with E-state index >= 15 is 0 Å². The largest absolute Gasteiger partial charge is 0.353 e. The Morgan fingerprint density at radius 1 is 1.18 bits per heavy atom. The van der Waals surface area contributed by atoms with Gasteiger partial charge in [-0.25, -0.2) is 0 Å². The lowest BCUT2D eigenvalue weighted by Gasteiger charge is -2.35. The first kappa shape index (κ1) is 7.14. The summed E-state index contributed by atoms with van der Waals surface area (Å²) < 4.78 is 0. The van der Waals surface area contributed by atoms with Gasteiger partial charge in [-0.1, -0.05) is 12.8 Å². The van der Waals surface area contributed by atoms with E-state index in [0.29, 0.717) is 6.04 Å². The summed E-state index contributed by atoms with van der Waals surface area (Å²) in [5, 5.41) is 3.08. The summed E-state index contributed by atoms with van der Waals surface area (Å²) in [5.74, 6) is 1.08. The van der Waals surface area contributed by atoms with Crippen LogP contribution in [0.4, 0.5) is 0 Å². The zero-order chi connectivity index (χ0) is 7.68. The van der Waals surface area contributed by atoms with Crippen molar-refractivity contribution in [1.82, 2.24) is 5.32 Å². The zero-order valence-corrected chi connectivity index (χ0v) is 6.81. The molecule has 2 atom stereocenters. The maximum atomic E-state index is 11.0. The molecule has 0 bridgehead atoms. The van der Waals surface area contributed by atoms with Crippen LogP contribution in [-0.2, 0) is 4.79 Å². The minimum Gasteiger partial charge on any atom is -0.353 e. The maximum absolute atomic E-state index is 11.0. The second-order valence-corrected chi connectivity index (χ2v) is 3.76. The van der Waals surface area contributed by atoms with Crippen molar-refractivity contribution in [3.63, 3.8) is 0 Å². The molecular weight excluding hydrogens is 138 g/mol. The van der Waals surface area contributed by atoms with Gasteiger partial charge in [-0.05, 0) is 25.2 Å². The summed E-state index contributed by atoms with van der Waals surface area (Å²) in [6.07, 6.45) is 7.14. The van der Waals surface area contributed by atoms with E-state index < -0.39 is 0 Å². The topological polar surface area (TPSA) is 29.1 Å². The van der Waals surface area contributed by atoms with Crippen molar-refractivity contribution in [2.24, 2.45) is 5.92 Å². The first-order chi connectivity index (χ1) is 5.36. The Balaban J connectivity index is 1.98. The average molecular weight is 153 g/mol. The fraction of sp³-hybridized carbons (Fsp3) is 0.889. The van der Waals surface area contributed by atoms with Gasteiger partial charge in [0.25, 0.3) is 0 Å². The van der Waals surface area contributed by atoms with Crippen LogP contribution < -0.4 is 5.32 Å². The molecule has 62 valence electrons. The lowest BCUT2D eigenvalue weighted by atomic mass is 9.79. The van der Waals surface area contributed by atoms with Crippen molar-refractivity contribution >= 4 is 5.91 Å². The lowest BCUT2D eigenvalue weighted by molar-refractivity contribution is -0.124. The summed E-state index contributed by atoms with van der Waals surface area (Å²) in [4.78, 5) is 11.0. The number of carbonyl (C=O) groups excluding carboxylic acids is 1. The summed E-state index contributed by atoms with van der Waals surface area (Å²) in [6, 6.07) is 0.532. The molecule has 0 radical (unpaired) electrons. The van der Waals surface area contributed by atoms with Crippen LogP contribution in [0.5, 0.6) is 0 Å². The van der Waals surface area contributed by atoms with Crippen LogP contribution >= 0.6 is 0 Å². The molecule has 2 heteroatoms. The summed E-state index contributed by atoms with van der Waals surface area (Å²) in [6.45, 7) is 0. The van der Waals surface area contributed by atoms with Crippen LogP contribution in [0.3, 0.4) is 0 Å². The Hall–Kier alpha value is -0.530. The highest BCUT2D eigenvalue weighted by molar-refractivity contribution is 5.77. The predicted octanol–water partition coefficient (Wildman–Crippen LogP) is 1.46. The Morgan fingerprint density at radius 2 is 2.00 bits per heavy atom. The van der Waals surface area contributed by atoms with Gasteiger partial charge in [0.05, 0.1) is 0 Å². The fourth-order valence-electron chi connectivity index (χ4n) is 2.34. The third-order valence-electron chi connectivity index (χ3n) is 3.00. The molecule has 1 saturated heterocycles. The maximum Gasteiger partial charge on any atom is 0.220 e. The molecule has 1 aliphatic heterocycles. The van der Waals surface area contributed by atoms with Gasteiger partial charge in [-0.15, -0.1) is 0 Å². The fourth-order valence-corrected chi connectivity index (χ4v) is 2.34. The molecule has 1 amide bonds. The summed E-state index contributed by atoms with van der Waals surface area (Å²) >= 11 is 0. The molecule has 2 nitrogen and oxygen atoms in total. The molecule has 0 spiro atoms. The highest BCUT2D eigenvalue weighted by Crippen LogP contribution is 2.30. The van der Waals surface area contributed by atoms with Crippen LogP contribution in [0, 0.1) is 5.92 Å². The van der Waals surface area contributed by atoms with Gasteiger partial charge in [0.15, 0.2) is 0 Å². The number of nitrogens with one attached hydrogen (secondary N) is 1. The predicted molar refractivity (Wildman–Crippen MR) is 43.1 cm³/mol. The molecule has 2 unspecified atom stereocenters. The minimum absolute atomic E-state index is 0.271. The lowest BCUT2D eigenvalue weighted by Crippen LogP contribution is -2.46. The van der Waals surface area contributed by atoms with Crippen molar-refractivity contribution in [2.45, 2.75) is 44.6 Å². The Kier molecular flexibility index (Phi) is 1.84. The number of carbonyl (C=O) groups is 1. The molecule has 1 aliphatic carbocycles. The van der Waals surface area contributed by atoms with E-state index in [2.05, 4.69) is 5.32 Å². The Morgan fingerprint density at radius 3 is 2.91 bits per heavy atom. The molecule has 1 N–H and O–H groups in total. The van der Waals surface area contributed by atoms with Gasteiger partial charge in [0.1, 0.15) is 0 Å². The monoisotopic (exact) mass is 153 g/mol. The van der Waals surface area contributed by atoms with E-state index in [1.165, 1.54) is 25.7 Å². The van der Waals surface area contributed by atoms with Crippen molar-refractivity contribution in [3.05, 3.63) is 0 Å². The second-order valence-electron chi connectivity index (χ2n) is 3.76.